The number of fused-ring (bicyclic) bond motifs is 1. The third-order valence-electron chi connectivity index (χ3n) is 4.03. The number of rotatable bonds is 4. The van der Waals surface area contributed by atoms with E-state index in [4.69, 9.17) is 9.62 Å². The number of β-lactam (4-membered cyclic amide) rings is 1. The van der Waals surface area contributed by atoms with E-state index >= 15 is 0 Å². The Morgan fingerprint density at radius 3 is 2.71 bits per heavy atom. The predicted octanol–water partition coefficient (Wildman–Crippen LogP) is 0.0896. The molecule has 0 radical (unpaired) electrons. The topological polar surface area (TPSA) is 132 Å². The summed E-state index contributed by atoms with van der Waals surface area (Å²) in [5, 5.41) is 23.3. The minimum atomic E-state index is -1.08. The third kappa shape index (κ3) is 2.33. The molecular formula is C14H15N3O6S. The zero-order chi connectivity index (χ0) is 17.6. The van der Waals surface area contributed by atoms with E-state index < -0.39 is 40.0 Å². The Morgan fingerprint density at radius 1 is 1.46 bits per heavy atom. The molecule has 10 heteroatoms. The van der Waals surface area contributed by atoms with Gasteiger partial charge in [-0.15, -0.1) is 11.8 Å². The maximum atomic E-state index is 12.3. The summed E-state index contributed by atoms with van der Waals surface area (Å²) in [6, 6.07) is 1.14. The number of carbonyl (C=O) groups excluding carboxylic acids is 2. The molecule has 0 bridgehead atoms. The quantitative estimate of drug-likeness (QED) is 0.302. The zero-order valence-electron chi connectivity index (χ0n) is 12.8. The van der Waals surface area contributed by atoms with Crippen LogP contribution in [0.4, 0.5) is 0 Å². The number of furan rings is 1. The molecule has 0 unspecified atom stereocenters. The molecule has 0 aliphatic carbocycles. The molecule has 24 heavy (non-hydrogen) atoms. The highest BCUT2D eigenvalue weighted by molar-refractivity contribution is 8.01. The maximum absolute atomic E-state index is 12.3. The van der Waals surface area contributed by atoms with Crippen LogP contribution in [0, 0.1) is 0 Å². The minimum absolute atomic E-state index is 0.0569. The fourth-order valence-corrected chi connectivity index (χ4v) is 4.60. The molecule has 0 saturated carbocycles. The molecule has 2 aliphatic rings. The van der Waals surface area contributed by atoms with Crippen LogP contribution in [0.25, 0.3) is 0 Å². The van der Waals surface area contributed by atoms with E-state index in [2.05, 4.69) is 10.5 Å². The van der Waals surface area contributed by atoms with Gasteiger partial charge >= 0.3 is 5.97 Å². The lowest BCUT2D eigenvalue weighted by molar-refractivity contribution is -0.160. The molecule has 2 aliphatic heterocycles. The molecule has 2 amide bonds. The Kier molecular flexibility index (Phi) is 3.78. The predicted molar refractivity (Wildman–Crippen MR) is 82.7 cm³/mol. The van der Waals surface area contributed by atoms with Gasteiger partial charge < -0.3 is 24.9 Å². The SMILES string of the molecule is CC1(C)S[C@H]2[C@H](NC(=O)C(=NO)c3ccco3)C(=O)N2[C@H]1C(=O)O. The molecule has 2 saturated heterocycles. The number of nitrogens with one attached hydrogen (secondary N) is 1. The van der Waals surface area contributed by atoms with Crippen LogP contribution in [-0.4, -0.2) is 60.9 Å². The van der Waals surface area contributed by atoms with E-state index in [1.807, 2.05) is 0 Å². The summed E-state index contributed by atoms with van der Waals surface area (Å²) in [6.07, 6.45) is 1.32. The van der Waals surface area contributed by atoms with Gasteiger partial charge in [0.25, 0.3) is 5.91 Å². The van der Waals surface area contributed by atoms with E-state index in [0.29, 0.717) is 0 Å². The van der Waals surface area contributed by atoms with Gasteiger partial charge in [0.05, 0.1) is 6.26 Å². The zero-order valence-corrected chi connectivity index (χ0v) is 13.6. The van der Waals surface area contributed by atoms with Crippen molar-refractivity contribution < 1.29 is 29.1 Å². The molecule has 0 spiro atoms. The normalized spacial score (nSPS) is 28.2. The van der Waals surface area contributed by atoms with Crippen molar-refractivity contribution in [2.75, 3.05) is 0 Å². The van der Waals surface area contributed by atoms with Gasteiger partial charge in [0.15, 0.2) is 5.76 Å². The summed E-state index contributed by atoms with van der Waals surface area (Å²) in [4.78, 5) is 37.2. The average Bonchev–Trinajstić information content (AvgIpc) is 3.10. The van der Waals surface area contributed by atoms with Gasteiger partial charge in [0.2, 0.25) is 11.6 Å². The number of thioether (sulfide) groups is 1. The summed E-state index contributed by atoms with van der Waals surface area (Å²) in [5.41, 5.74) is -0.358. The van der Waals surface area contributed by atoms with Gasteiger partial charge in [-0.3, -0.25) is 9.59 Å². The van der Waals surface area contributed by atoms with Crippen LogP contribution in [0.15, 0.2) is 28.0 Å². The van der Waals surface area contributed by atoms with E-state index in [1.54, 1.807) is 13.8 Å². The number of carboxylic acid groups (broad SMARTS) is 1. The van der Waals surface area contributed by atoms with Gasteiger partial charge in [-0.1, -0.05) is 5.16 Å². The highest BCUT2D eigenvalue weighted by Crippen LogP contribution is 2.50. The minimum Gasteiger partial charge on any atom is -0.480 e. The smallest absolute Gasteiger partial charge is 0.327 e. The number of aliphatic carboxylic acids is 1. The number of oxime groups is 1. The Labute approximate surface area is 140 Å². The van der Waals surface area contributed by atoms with E-state index in [9.17, 15) is 19.5 Å². The Hall–Kier alpha value is -2.49. The number of carbonyl (C=O) groups is 3. The monoisotopic (exact) mass is 353 g/mol. The second-order valence-corrected chi connectivity index (χ2v) is 7.75. The average molecular weight is 353 g/mol. The number of amides is 2. The first kappa shape index (κ1) is 16.4. The van der Waals surface area contributed by atoms with Crippen molar-refractivity contribution in [1.29, 1.82) is 0 Å². The van der Waals surface area contributed by atoms with E-state index in [1.165, 1.54) is 35.1 Å². The van der Waals surface area contributed by atoms with Gasteiger partial charge in [-0.2, -0.15) is 0 Å². The van der Waals surface area contributed by atoms with Crippen molar-refractivity contribution in [2.45, 2.75) is 36.1 Å². The van der Waals surface area contributed by atoms with Crippen LogP contribution in [0.1, 0.15) is 19.6 Å². The van der Waals surface area contributed by atoms with Crippen molar-refractivity contribution in [3.8, 4) is 0 Å². The summed E-state index contributed by atoms with van der Waals surface area (Å²) in [7, 11) is 0. The fraction of sp³-hybridized carbons (Fsp3) is 0.429. The number of hydrogen-bond acceptors (Lipinski definition) is 7. The number of carboxylic acids is 1. The van der Waals surface area contributed by atoms with Crippen molar-refractivity contribution >= 4 is 35.3 Å². The van der Waals surface area contributed by atoms with Crippen LogP contribution in [0.3, 0.4) is 0 Å². The lowest BCUT2D eigenvalue weighted by Crippen LogP contribution is -2.71. The molecule has 128 valence electrons. The number of hydrogen-bond donors (Lipinski definition) is 3. The Bertz CT molecular complexity index is 729. The number of nitrogens with zero attached hydrogens (tertiary/aromatic N) is 2. The largest absolute Gasteiger partial charge is 0.480 e. The van der Waals surface area contributed by atoms with Gasteiger partial charge in [0, 0.05) is 4.75 Å². The lowest BCUT2D eigenvalue weighted by Gasteiger charge is -2.43. The molecule has 3 heterocycles. The van der Waals surface area contributed by atoms with Crippen molar-refractivity contribution in [2.24, 2.45) is 5.16 Å². The standard InChI is InChI=1S/C14H15N3O6S/c1-14(2)9(13(20)21)17-11(19)8(12(17)24-14)15-10(18)7(16-22)6-4-3-5-23-6/h3-5,8-9,12,22H,1-2H3,(H,15,18)(H,20,21)/t8-,9+,12+/m1/s1. The molecule has 2 fully saturated rings. The summed E-state index contributed by atoms with van der Waals surface area (Å²) in [6.45, 7) is 3.48. The molecule has 0 aromatic carbocycles. The maximum Gasteiger partial charge on any atom is 0.327 e. The first-order chi connectivity index (χ1) is 11.3. The Morgan fingerprint density at radius 2 is 2.17 bits per heavy atom. The van der Waals surface area contributed by atoms with E-state index in [-0.39, 0.29) is 11.5 Å². The van der Waals surface area contributed by atoms with Crippen LogP contribution >= 0.6 is 11.8 Å². The van der Waals surface area contributed by atoms with Gasteiger partial charge in [-0.25, -0.2) is 4.79 Å². The van der Waals surface area contributed by atoms with Crippen molar-refractivity contribution in [3.05, 3.63) is 24.2 Å². The fourth-order valence-electron chi connectivity index (χ4n) is 2.97. The van der Waals surface area contributed by atoms with Gasteiger partial charge in [0.1, 0.15) is 17.5 Å². The highest BCUT2D eigenvalue weighted by Gasteiger charge is 2.64. The molecule has 1 aromatic heterocycles. The molecule has 3 rings (SSSR count). The first-order valence-corrected chi connectivity index (χ1v) is 7.95. The Balaban J connectivity index is 1.76. The summed E-state index contributed by atoms with van der Waals surface area (Å²) < 4.78 is 4.33. The molecule has 9 nitrogen and oxygen atoms in total. The summed E-state index contributed by atoms with van der Waals surface area (Å²) in [5.74, 6) is -2.28. The van der Waals surface area contributed by atoms with Crippen LogP contribution in [0.2, 0.25) is 0 Å². The molecule has 1 aromatic rings. The third-order valence-corrected chi connectivity index (χ3v) is 5.60. The second kappa shape index (κ2) is 5.55. The highest BCUT2D eigenvalue weighted by atomic mass is 32.2. The van der Waals surface area contributed by atoms with E-state index in [0.717, 1.165) is 0 Å². The second-order valence-electron chi connectivity index (χ2n) is 5.98. The van der Waals surface area contributed by atoms with Crippen LogP contribution in [-0.2, 0) is 14.4 Å². The van der Waals surface area contributed by atoms with Gasteiger partial charge in [-0.05, 0) is 26.0 Å². The van der Waals surface area contributed by atoms with Crippen LogP contribution in [0.5, 0.6) is 0 Å². The lowest BCUT2D eigenvalue weighted by atomic mass is 9.96. The molecule has 3 N–H and O–H groups in total. The van der Waals surface area contributed by atoms with Crippen molar-refractivity contribution in [3.63, 3.8) is 0 Å². The molecule has 3 atom stereocenters. The summed E-state index contributed by atoms with van der Waals surface area (Å²) >= 11 is 1.31. The van der Waals surface area contributed by atoms with Crippen LogP contribution < -0.4 is 5.32 Å². The van der Waals surface area contributed by atoms with Crippen molar-refractivity contribution in [1.82, 2.24) is 10.2 Å². The first-order valence-electron chi connectivity index (χ1n) is 7.07. The molecular weight excluding hydrogens is 338 g/mol.